The Hall–Kier alpha value is -3.85. The number of hydrogen-bond acceptors (Lipinski definition) is 4. The minimum absolute atomic E-state index is 0.00533. The molecule has 0 unspecified atom stereocenters. The van der Waals surface area contributed by atoms with Gasteiger partial charge in [0.25, 0.3) is 11.5 Å². The highest BCUT2D eigenvalue weighted by Crippen LogP contribution is 2.31. The van der Waals surface area contributed by atoms with Crippen LogP contribution in [0.3, 0.4) is 0 Å². The van der Waals surface area contributed by atoms with Gasteiger partial charge < -0.3 is 15.0 Å². The van der Waals surface area contributed by atoms with Gasteiger partial charge in [0.15, 0.2) is 6.61 Å². The van der Waals surface area contributed by atoms with Gasteiger partial charge in [0, 0.05) is 22.5 Å². The minimum Gasteiger partial charge on any atom is -0.483 e. The van der Waals surface area contributed by atoms with Gasteiger partial charge in [0.05, 0.1) is 0 Å². The Bertz CT molecular complexity index is 1110. The zero-order valence-corrected chi connectivity index (χ0v) is 15.6. The standard InChI is InChI=1S/C22H19N3O3/c1-14-7-9-16(10-8-14)25-21(26)13-28-20-6-4-3-5-17(20)18-11-15(2)24-22(27)19(18)12-23/h3-11H,13H2,1-2H3,(H,24,27)(H,25,26). The molecule has 1 amide bonds. The van der Waals surface area contributed by atoms with Crippen LogP contribution in [0.15, 0.2) is 59.4 Å². The Morgan fingerprint density at radius 3 is 2.54 bits per heavy atom. The number of benzene rings is 2. The molecule has 0 aliphatic rings. The molecule has 140 valence electrons. The van der Waals surface area contributed by atoms with Crippen molar-refractivity contribution in [1.82, 2.24) is 4.98 Å². The first-order chi connectivity index (χ1) is 13.5. The van der Waals surface area contributed by atoms with E-state index in [0.717, 1.165) is 5.56 Å². The molecular weight excluding hydrogens is 354 g/mol. The lowest BCUT2D eigenvalue weighted by molar-refractivity contribution is -0.118. The fourth-order valence-corrected chi connectivity index (χ4v) is 2.80. The summed E-state index contributed by atoms with van der Waals surface area (Å²) in [7, 11) is 0. The lowest BCUT2D eigenvalue weighted by atomic mass is 10.0. The Labute approximate surface area is 162 Å². The number of para-hydroxylation sites is 1. The van der Waals surface area contributed by atoms with Gasteiger partial charge in [-0.1, -0.05) is 35.9 Å². The lowest BCUT2D eigenvalue weighted by Crippen LogP contribution is -2.20. The van der Waals surface area contributed by atoms with E-state index in [1.807, 2.05) is 37.3 Å². The fraction of sp³-hybridized carbons (Fsp3) is 0.136. The molecule has 3 aromatic rings. The fourth-order valence-electron chi connectivity index (χ4n) is 2.80. The Balaban J connectivity index is 1.82. The number of rotatable bonds is 5. The maximum atomic E-state index is 12.2. The zero-order valence-electron chi connectivity index (χ0n) is 15.6. The molecule has 0 radical (unpaired) electrons. The molecule has 2 N–H and O–H groups in total. The van der Waals surface area contributed by atoms with Crippen molar-refractivity contribution in [3.63, 3.8) is 0 Å². The minimum atomic E-state index is -0.454. The highest BCUT2D eigenvalue weighted by Gasteiger charge is 2.15. The third-order valence-electron chi connectivity index (χ3n) is 4.15. The number of ether oxygens (including phenoxy) is 1. The molecule has 0 saturated carbocycles. The van der Waals surface area contributed by atoms with E-state index in [0.29, 0.717) is 28.3 Å². The third-order valence-corrected chi connectivity index (χ3v) is 4.15. The summed E-state index contributed by atoms with van der Waals surface area (Å²) in [6.45, 7) is 3.51. The van der Waals surface area contributed by atoms with Crippen LogP contribution >= 0.6 is 0 Å². The average Bonchev–Trinajstić information content (AvgIpc) is 2.68. The molecule has 28 heavy (non-hydrogen) atoms. The summed E-state index contributed by atoms with van der Waals surface area (Å²) in [5.41, 5.74) is 3.02. The van der Waals surface area contributed by atoms with Gasteiger partial charge >= 0.3 is 0 Å². The predicted octanol–water partition coefficient (Wildman–Crippen LogP) is 3.55. The Morgan fingerprint density at radius 1 is 1.11 bits per heavy atom. The van der Waals surface area contributed by atoms with Crippen LogP contribution in [0.1, 0.15) is 16.8 Å². The number of nitrogens with zero attached hydrogens (tertiary/aromatic N) is 1. The molecule has 6 nitrogen and oxygen atoms in total. The first-order valence-electron chi connectivity index (χ1n) is 8.70. The molecule has 0 aliphatic carbocycles. The van der Waals surface area contributed by atoms with Gasteiger partial charge in [-0.25, -0.2) is 0 Å². The summed E-state index contributed by atoms with van der Waals surface area (Å²) in [5, 5.41) is 12.1. The number of pyridine rings is 1. The highest BCUT2D eigenvalue weighted by molar-refractivity contribution is 5.92. The van der Waals surface area contributed by atoms with Gasteiger partial charge in [-0.3, -0.25) is 9.59 Å². The Kier molecular flexibility index (Phi) is 5.56. The summed E-state index contributed by atoms with van der Waals surface area (Å²) in [6.07, 6.45) is 0. The maximum absolute atomic E-state index is 12.2. The molecule has 0 atom stereocenters. The molecule has 3 rings (SSSR count). The Morgan fingerprint density at radius 2 is 1.82 bits per heavy atom. The van der Waals surface area contributed by atoms with E-state index in [-0.39, 0.29) is 18.1 Å². The number of anilines is 1. The molecule has 1 heterocycles. The molecule has 1 aromatic heterocycles. The van der Waals surface area contributed by atoms with Crippen LogP contribution < -0.4 is 15.6 Å². The molecular formula is C22H19N3O3. The second-order valence-corrected chi connectivity index (χ2v) is 6.38. The van der Waals surface area contributed by atoms with Gasteiger partial charge in [-0.05, 0) is 38.1 Å². The average molecular weight is 373 g/mol. The molecule has 6 heteroatoms. The van der Waals surface area contributed by atoms with E-state index in [1.165, 1.54) is 0 Å². The number of aryl methyl sites for hydroxylation is 2. The molecule has 2 aromatic carbocycles. The number of H-pyrrole nitrogens is 1. The predicted molar refractivity (Wildman–Crippen MR) is 107 cm³/mol. The van der Waals surface area contributed by atoms with Crippen molar-refractivity contribution in [1.29, 1.82) is 5.26 Å². The second-order valence-electron chi connectivity index (χ2n) is 6.38. The number of nitriles is 1. The monoisotopic (exact) mass is 373 g/mol. The van der Waals surface area contributed by atoms with E-state index >= 15 is 0 Å². The van der Waals surface area contributed by atoms with Crippen molar-refractivity contribution >= 4 is 11.6 Å². The van der Waals surface area contributed by atoms with Crippen LogP contribution in [0.25, 0.3) is 11.1 Å². The van der Waals surface area contributed by atoms with Crippen LogP contribution in [0.5, 0.6) is 5.75 Å². The van der Waals surface area contributed by atoms with Crippen molar-refractivity contribution in [2.75, 3.05) is 11.9 Å². The number of carbonyl (C=O) groups excluding carboxylic acids is 1. The smallest absolute Gasteiger partial charge is 0.266 e. The summed E-state index contributed by atoms with van der Waals surface area (Å²) in [6, 6.07) is 18.1. The number of nitrogens with one attached hydrogen (secondary N) is 2. The van der Waals surface area contributed by atoms with Crippen LogP contribution in [0.2, 0.25) is 0 Å². The van der Waals surface area contributed by atoms with E-state index < -0.39 is 5.56 Å². The number of amides is 1. The van der Waals surface area contributed by atoms with Gasteiger partial charge in [0.2, 0.25) is 0 Å². The first kappa shape index (κ1) is 18.9. The number of carbonyl (C=O) groups is 1. The van der Waals surface area contributed by atoms with Crippen LogP contribution in [-0.4, -0.2) is 17.5 Å². The summed E-state index contributed by atoms with van der Waals surface area (Å²) < 4.78 is 5.69. The summed E-state index contributed by atoms with van der Waals surface area (Å²) >= 11 is 0. The van der Waals surface area contributed by atoms with Crippen molar-refractivity contribution in [2.24, 2.45) is 0 Å². The summed E-state index contributed by atoms with van der Waals surface area (Å²) in [4.78, 5) is 26.9. The molecule has 0 saturated heterocycles. The SMILES string of the molecule is Cc1ccc(NC(=O)COc2ccccc2-c2cc(C)[nH]c(=O)c2C#N)cc1. The van der Waals surface area contributed by atoms with Crippen LogP contribution in [0, 0.1) is 25.2 Å². The van der Waals surface area contributed by atoms with Gasteiger partial charge in [-0.2, -0.15) is 5.26 Å². The molecule has 0 aliphatic heterocycles. The van der Waals surface area contributed by atoms with Crippen molar-refractivity contribution < 1.29 is 9.53 Å². The van der Waals surface area contributed by atoms with Crippen LogP contribution in [0.4, 0.5) is 5.69 Å². The normalized spacial score (nSPS) is 10.2. The number of aromatic amines is 1. The number of aromatic nitrogens is 1. The van der Waals surface area contributed by atoms with E-state index in [4.69, 9.17) is 4.74 Å². The quantitative estimate of drug-likeness (QED) is 0.715. The largest absolute Gasteiger partial charge is 0.483 e. The third kappa shape index (κ3) is 4.27. The lowest BCUT2D eigenvalue weighted by Gasteiger charge is -2.13. The summed E-state index contributed by atoms with van der Waals surface area (Å²) in [5.74, 6) is 0.115. The van der Waals surface area contributed by atoms with Crippen molar-refractivity contribution in [2.45, 2.75) is 13.8 Å². The van der Waals surface area contributed by atoms with Crippen molar-refractivity contribution in [3.05, 3.63) is 81.8 Å². The van der Waals surface area contributed by atoms with Crippen molar-refractivity contribution in [3.8, 4) is 22.9 Å². The highest BCUT2D eigenvalue weighted by atomic mass is 16.5. The first-order valence-corrected chi connectivity index (χ1v) is 8.70. The zero-order chi connectivity index (χ0) is 20.1. The van der Waals surface area contributed by atoms with E-state index in [1.54, 1.807) is 37.3 Å². The number of hydrogen-bond donors (Lipinski definition) is 2. The van der Waals surface area contributed by atoms with Gasteiger partial charge in [0.1, 0.15) is 17.4 Å². The molecule has 0 fully saturated rings. The van der Waals surface area contributed by atoms with E-state index in [9.17, 15) is 14.9 Å². The molecule has 0 spiro atoms. The van der Waals surface area contributed by atoms with Gasteiger partial charge in [-0.15, -0.1) is 0 Å². The maximum Gasteiger partial charge on any atom is 0.266 e. The topological polar surface area (TPSA) is 95.0 Å². The van der Waals surface area contributed by atoms with E-state index in [2.05, 4.69) is 10.3 Å². The second kappa shape index (κ2) is 8.23. The molecule has 0 bridgehead atoms. The van der Waals surface area contributed by atoms with Crippen LogP contribution in [-0.2, 0) is 4.79 Å².